The molecule has 0 heterocycles. The van der Waals surface area contributed by atoms with Gasteiger partial charge in [-0.05, 0) is 36.5 Å². The van der Waals surface area contributed by atoms with Crippen molar-refractivity contribution in [2.45, 2.75) is 39.2 Å². The van der Waals surface area contributed by atoms with Crippen LogP contribution >= 0.6 is 0 Å². The van der Waals surface area contributed by atoms with Crippen LogP contribution in [0.5, 0.6) is 5.75 Å². The zero-order chi connectivity index (χ0) is 12.7. The van der Waals surface area contributed by atoms with Crippen molar-refractivity contribution in [1.82, 2.24) is 5.43 Å². The molecule has 17 heavy (non-hydrogen) atoms. The van der Waals surface area contributed by atoms with Crippen molar-refractivity contribution in [3.63, 3.8) is 0 Å². The Morgan fingerprint density at radius 2 is 1.94 bits per heavy atom. The Labute approximate surface area is 104 Å². The van der Waals surface area contributed by atoms with E-state index in [2.05, 4.69) is 31.4 Å². The number of rotatable bonds is 7. The van der Waals surface area contributed by atoms with Crippen molar-refractivity contribution in [2.75, 3.05) is 7.11 Å². The molecule has 0 saturated carbocycles. The molecule has 0 aliphatic heterocycles. The maximum absolute atomic E-state index is 5.59. The minimum atomic E-state index is 0.391. The molecular weight excluding hydrogens is 212 g/mol. The molecule has 0 radical (unpaired) electrons. The molecular formula is C14H24N2O. The number of hydrogen-bond donors (Lipinski definition) is 2. The Balaban J connectivity index is 2.47. The highest BCUT2D eigenvalue weighted by Crippen LogP contribution is 2.16. The predicted molar refractivity (Wildman–Crippen MR) is 71.9 cm³/mol. The lowest BCUT2D eigenvalue weighted by Gasteiger charge is -2.21. The number of nitrogens with one attached hydrogen (secondary N) is 1. The van der Waals surface area contributed by atoms with Gasteiger partial charge >= 0.3 is 0 Å². The van der Waals surface area contributed by atoms with Crippen molar-refractivity contribution in [2.24, 2.45) is 11.8 Å². The van der Waals surface area contributed by atoms with Gasteiger partial charge in [-0.25, -0.2) is 0 Å². The van der Waals surface area contributed by atoms with Crippen LogP contribution in [-0.2, 0) is 6.42 Å². The van der Waals surface area contributed by atoms with Crippen LogP contribution in [0.25, 0.3) is 0 Å². The summed E-state index contributed by atoms with van der Waals surface area (Å²) in [5, 5.41) is 0. The van der Waals surface area contributed by atoms with Crippen molar-refractivity contribution in [3.05, 3.63) is 29.8 Å². The van der Waals surface area contributed by atoms with E-state index in [1.807, 2.05) is 12.1 Å². The van der Waals surface area contributed by atoms with E-state index >= 15 is 0 Å². The van der Waals surface area contributed by atoms with Crippen molar-refractivity contribution >= 4 is 0 Å². The molecule has 96 valence electrons. The Kier molecular flexibility index (Phi) is 6.01. The highest BCUT2D eigenvalue weighted by atomic mass is 16.5. The second kappa shape index (κ2) is 7.30. The van der Waals surface area contributed by atoms with Crippen LogP contribution in [0.1, 0.15) is 32.3 Å². The average molecular weight is 236 g/mol. The van der Waals surface area contributed by atoms with Crippen LogP contribution < -0.4 is 16.0 Å². The highest BCUT2D eigenvalue weighted by molar-refractivity contribution is 5.27. The van der Waals surface area contributed by atoms with Gasteiger partial charge in [0.15, 0.2) is 0 Å². The van der Waals surface area contributed by atoms with E-state index in [0.717, 1.165) is 25.0 Å². The summed E-state index contributed by atoms with van der Waals surface area (Å²) in [6.07, 6.45) is 3.26. The van der Waals surface area contributed by atoms with Gasteiger partial charge in [0.25, 0.3) is 0 Å². The quantitative estimate of drug-likeness (QED) is 0.565. The van der Waals surface area contributed by atoms with E-state index in [-0.39, 0.29) is 0 Å². The Morgan fingerprint density at radius 3 is 2.41 bits per heavy atom. The first-order valence-corrected chi connectivity index (χ1v) is 6.30. The van der Waals surface area contributed by atoms with Crippen LogP contribution in [0.4, 0.5) is 0 Å². The number of ether oxygens (including phenoxy) is 1. The molecule has 3 N–H and O–H groups in total. The van der Waals surface area contributed by atoms with Gasteiger partial charge in [-0.1, -0.05) is 32.4 Å². The van der Waals surface area contributed by atoms with Crippen molar-refractivity contribution in [1.29, 1.82) is 0 Å². The van der Waals surface area contributed by atoms with Crippen LogP contribution in [0.2, 0.25) is 0 Å². The lowest BCUT2D eigenvalue weighted by atomic mass is 9.94. The maximum atomic E-state index is 5.59. The number of hydrogen-bond acceptors (Lipinski definition) is 3. The normalized spacial score (nSPS) is 14.4. The highest BCUT2D eigenvalue weighted by Gasteiger charge is 2.13. The summed E-state index contributed by atoms with van der Waals surface area (Å²) in [6, 6.07) is 8.63. The lowest BCUT2D eigenvalue weighted by Crippen LogP contribution is -2.40. The first kappa shape index (κ1) is 14.0. The topological polar surface area (TPSA) is 47.3 Å². The minimum absolute atomic E-state index is 0.391. The molecule has 1 aromatic rings. The van der Waals surface area contributed by atoms with E-state index in [0.29, 0.717) is 12.0 Å². The van der Waals surface area contributed by atoms with E-state index in [1.165, 1.54) is 5.56 Å². The summed E-state index contributed by atoms with van der Waals surface area (Å²) in [6.45, 7) is 4.43. The fourth-order valence-corrected chi connectivity index (χ4v) is 1.93. The Bertz CT molecular complexity index is 311. The smallest absolute Gasteiger partial charge is 0.118 e. The fraction of sp³-hybridized carbons (Fsp3) is 0.571. The summed E-state index contributed by atoms with van der Waals surface area (Å²) in [5.74, 6) is 7.11. The molecule has 0 aromatic heterocycles. The van der Waals surface area contributed by atoms with Crippen LogP contribution in [-0.4, -0.2) is 13.2 Å². The number of methoxy groups -OCH3 is 1. The molecule has 2 unspecified atom stereocenters. The SMILES string of the molecule is CCC(C)C(CCc1ccc(OC)cc1)NN. The molecule has 1 rings (SSSR count). The number of nitrogens with two attached hydrogens (primary N) is 1. The molecule has 0 aliphatic carbocycles. The van der Waals surface area contributed by atoms with Crippen molar-refractivity contribution in [3.8, 4) is 5.75 Å². The predicted octanol–water partition coefficient (Wildman–Crippen LogP) is 2.51. The Hall–Kier alpha value is -1.06. The first-order valence-electron chi connectivity index (χ1n) is 6.30. The first-order chi connectivity index (χ1) is 8.21. The second-order valence-electron chi connectivity index (χ2n) is 4.55. The Morgan fingerprint density at radius 1 is 1.29 bits per heavy atom. The van der Waals surface area contributed by atoms with Gasteiger partial charge in [0.2, 0.25) is 0 Å². The molecule has 0 saturated heterocycles. The summed E-state index contributed by atoms with van der Waals surface area (Å²) < 4.78 is 5.14. The van der Waals surface area contributed by atoms with Crippen LogP contribution in [0.3, 0.4) is 0 Å². The standard InChI is InChI=1S/C14H24N2O/c1-4-11(2)14(16-15)10-7-12-5-8-13(17-3)9-6-12/h5-6,8-9,11,14,16H,4,7,10,15H2,1-3H3. The van der Waals surface area contributed by atoms with Gasteiger partial charge in [0.1, 0.15) is 5.75 Å². The maximum Gasteiger partial charge on any atom is 0.118 e. The number of hydrazine groups is 1. The lowest BCUT2D eigenvalue weighted by molar-refractivity contribution is 0.353. The van der Waals surface area contributed by atoms with Gasteiger partial charge in [-0.3, -0.25) is 11.3 Å². The van der Waals surface area contributed by atoms with Gasteiger partial charge in [-0.2, -0.15) is 0 Å². The molecule has 0 amide bonds. The molecule has 3 heteroatoms. The van der Waals surface area contributed by atoms with Gasteiger partial charge in [0.05, 0.1) is 7.11 Å². The third-order valence-corrected chi connectivity index (χ3v) is 3.45. The summed E-state index contributed by atoms with van der Waals surface area (Å²) in [5.41, 5.74) is 4.25. The van der Waals surface area contributed by atoms with Gasteiger partial charge in [-0.15, -0.1) is 0 Å². The molecule has 0 bridgehead atoms. The second-order valence-corrected chi connectivity index (χ2v) is 4.55. The molecule has 2 atom stereocenters. The van der Waals surface area contributed by atoms with Crippen LogP contribution in [0.15, 0.2) is 24.3 Å². The summed E-state index contributed by atoms with van der Waals surface area (Å²) in [4.78, 5) is 0. The third kappa shape index (κ3) is 4.36. The molecule has 0 fully saturated rings. The van der Waals surface area contributed by atoms with Crippen molar-refractivity contribution < 1.29 is 4.74 Å². The number of aryl methyl sites for hydroxylation is 1. The van der Waals surface area contributed by atoms with Gasteiger partial charge in [0, 0.05) is 6.04 Å². The fourth-order valence-electron chi connectivity index (χ4n) is 1.93. The third-order valence-electron chi connectivity index (χ3n) is 3.45. The van der Waals surface area contributed by atoms with E-state index < -0.39 is 0 Å². The molecule has 0 spiro atoms. The average Bonchev–Trinajstić information content (AvgIpc) is 2.39. The molecule has 0 aliphatic rings. The zero-order valence-corrected chi connectivity index (χ0v) is 11.1. The summed E-state index contributed by atoms with van der Waals surface area (Å²) >= 11 is 0. The van der Waals surface area contributed by atoms with E-state index in [1.54, 1.807) is 7.11 Å². The zero-order valence-electron chi connectivity index (χ0n) is 11.1. The van der Waals surface area contributed by atoms with Gasteiger partial charge < -0.3 is 4.74 Å². The summed E-state index contributed by atoms with van der Waals surface area (Å²) in [7, 11) is 1.69. The minimum Gasteiger partial charge on any atom is -0.497 e. The number of benzene rings is 1. The molecule has 1 aromatic carbocycles. The monoisotopic (exact) mass is 236 g/mol. The largest absolute Gasteiger partial charge is 0.497 e. The van der Waals surface area contributed by atoms with Crippen LogP contribution in [0, 0.1) is 5.92 Å². The van der Waals surface area contributed by atoms with E-state index in [9.17, 15) is 0 Å². The van der Waals surface area contributed by atoms with E-state index in [4.69, 9.17) is 10.6 Å². The molecule has 3 nitrogen and oxygen atoms in total.